The Labute approximate surface area is 151 Å². The SMILES string of the molecule is CCNc1nc(C)c(C(=O)N2CCO[C@H](CO)[C@H]2c2ccccc2)s1. The molecule has 0 unspecified atom stereocenters. The lowest BCUT2D eigenvalue weighted by Gasteiger charge is -2.40. The fourth-order valence-electron chi connectivity index (χ4n) is 3.11. The van der Waals surface area contributed by atoms with E-state index in [9.17, 15) is 9.90 Å². The zero-order valence-electron chi connectivity index (χ0n) is 14.4. The van der Waals surface area contributed by atoms with Crippen LogP contribution in [0.3, 0.4) is 0 Å². The fraction of sp³-hybridized carbons (Fsp3) is 0.444. The molecule has 2 N–H and O–H groups in total. The summed E-state index contributed by atoms with van der Waals surface area (Å²) in [5, 5.41) is 13.7. The highest BCUT2D eigenvalue weighted by atomic mass is 32.1. The van der Waals surface area contributed by atoms with Crippen molar-refractivity contribution in [3.05, 3.63) is 46.5 Å². The number of nitrogens with zero attached hydrogens (tertiary/aromatic N) is 2. The molecule has 1 saturated heterocycles. The van der Waals surface area contributed by atoms with E-state index in [1.807, 2.05) is 44.2 Å². The third kappa shape index (κ3) is 3.68. The number of hydrogen-bond acceptors (Lipinski definition) is 6. The van der Waals surface area contributed by atoms with Crippen molar-refractivity contribution in [2.24, 2.45) is 0 Å². The summed E-state index contributed by atoms with van der Waals surface area (Å²) in [4.78, 5) is 20.1. The number of thiazole rings is 1. The summed E-state index contributed by atoms with van der Waals surface area (Å²) in [6, 6.07) is 9.42. The zero-order valence-corrected chi connectivity index (χ0v) is 15.3. The molecule has 1 aliphatic heterocycles. The number of aliphatic hydroxyl groups is 1. The summed E-state index contributed by atoms with van der Waals surface area (Å²) >= 11 is 1.38. The van der Waals surface area contributed by atoms with Crippen molar-refractivity contribution in [3.8, 4) is 0 Å². The number of hydrogen-bond donors (Lipinski definition) is 2. The van der Waals surface area contributed by atoms with E-state index >= 15 is 0 Å². The molecule has 6 nitrogen and oxygen atoms in total. The molecule has 25 heavy (non-hydrogen) atoms. The van der Waals surface area contributed by atoms with Gasteiger partial charge in [0, 0.05) is 13.1 Å². The minimum Gasteiger partial charge on any atom is -0.394 e. The monoisotopic (exact) mass is 361 g/mol. The molecule has 1 fully saturated rings. The lowest BCUT2D eigenvalue weighted by Crippen LogP contribution is -2.49. The van der Waals surface area contributed by atoms with E-state index in [2.05, 4.69) is 10.3 Å². The van der Waals surface area contributed by atoms with Gasteiger partial charge in [-0.2, -0.15) is 0 Å². The topological polar surface area (TPSA) is 74.7 Å². The van der Waals surface area contributed by atoms with Crippen LogP contribution >= 0.6 is 11.3 Å². The molecule has 2 aromatic rings. The fourth-order valence-corrected chi connectivity index (χ4v) is 4.10. The number of nitrogens with one attached hydrogen (secondary N) is 1. The third-order valence-corrected chi connectivity index (χ3v) is 5.36. The van der Waals surface area contributed by atoms with Crippen molar-refractivity contribution < 1.29 is 14.6 Å². The Morgan fingerprint density at radius 2 is 2.20 bits per heavy atom. The van der Waals surface area contributed by atoms with Gasteiger partial charge < -0.3 is 20.1 Å². The number of rotatable bonds is 5. The highest BCUT2D eigenvalue weighted by Gasteiger charge is 2.37. The number of amides is 1. The largest absolute Gasteiger partial charge is 0.394 e. The number of aryl methyl sites for hydroxylation is 1. The van der Waals surface area contributed by atoms with E-state index in [0.29, 0.717) is 18.0 Å². The molecule has 0 radical (unpaired) electrons. The molecular weight excluding hydrogens is 338 g/mol. The Morgan fingerprint density at radius 3 is 2.88 bits per heavy atom. The second-order valence-corrected chi connectivity index (χ2v) is 6.91. The minimum atomic E-state index is -0.429. The second-order valence-electron chi connectivity index (χ2n) is 5.91. The van der Waals surface area contributed by atoms with Crippen molar-refractivity contribution in [1.82, 2.24) is 9.88 Å². The first-order chi connectivity index (χ1) is 12.2. The lowest BCUT2D eigenvalue weighted by atomic mass is 9.98. The highest BCUT2D eigenvalue weighted by molar-refractivity contribution is 7.17. The van der Waals surface area contributed by atoms with Crippen LogP contribution in [-0.2, 0) is 4.74 Å². The van der Waals surface area contributed by atoms with Gasteiger partial charge in [0.25, 0.3) is 5.91 Å². The van der Waals surface area contributed by atoms with E-state index in [0.717, 1.165) is 22.9 Å². The Balaban J connectivity index is 1.93. The summed E-state index contributed by atoms with van der Waals surface area (Å²) in [7, 11) is 0. The second kappa shape index (κ2) is 7.95. The summed E-state index contributed by atoms with van der Waals surface area (Å²) < 4.78 is 5.72. The van der Waals surface area contributed by atoms with Crippen LogP contribution in [0.1, 0.15) is 33.9 Å². The van der Waals surface area contributed by atoms with Crippen LogP contribution in [0, 0.1) is 6.92 Å². The number of anilines is 1. The van der Waals surface area contributed by atoms with E-state index in [-0.39, 0.29) is 18.6 Å². The average Bonchev–Trinajstić information content (AvgIpc) is 3.01. The standard InChI is InChI=1S/C18H23N3O3S/c1-3-19-18-20-12(2)16(25-18)17(23)21-9-10-24-14(11-22)15(21)13-7-5-4-6-8-13/h4-8,14-15,22H,3,9-11H2,1-2H3,(H,19,20)/t14-,15-/m1/s1. The molecule has 1 amide bonds. The van der Waals surface area contributed by atoms with E-state index < -0.39 is 6.10 Å². The first-order valence-electron chi connectivity index (χ1n) is 8.45. The molecule has 1 aromatic heterocycles. The quantitative estimate of drug-likeness (QED) is 0.856. The molecular formula is C18H23N3O3S. The van der Waals surface area contributed by atoms with Gasteiger partial charge in [-0.05, 0) is 19.4 Å². The van der Waals surface area contributed by atoms with Crippen molar-refractivity contribution in [2.75, 3.05) is 31.6 Å². The Kier molecular flexibility index (Phi) is 5.67. The van der Waals surface area contributed by atoms with Crippen LogP contribution < -0.4 is 5.32 Å². The van der Waals surface area contributed by atoms with Crippen LogP contribution in [0.4, 0.5) is 5.13 Å². The van der Waals surface area contributed by atoms with Crippen LogP contribution in [0.2, 0.25) is 0 Å². The van der Waals surface area contributed by atoms with E-state index in [1.54, 1.807) is 4.90 Å². The van der Waals surface area contributed by atoms with Crippen LogP contribution in [0.15, 0.2) is 30.3 Å². The minimum absolute atomic E-state index is 0.0604. The van der Waals surface area contributed by atoms with Gasteiger partial charge in [0.2, 0.25) is 0 Å². The summed E-state index contributed by atoms with van der Waals surface area (Å²) in [5.74, 6) is -0.0604. The van der Waals surface area contributed by atoms with Crippen molar-refractivity contribution in [2.45, 2.75) is 26.0 Å². The summed E-state index contributed by atoms with van der Waals surface area (Å²) in [6.45, 7) is 5.38. The van der Waals surface area contributed by atoms with E-state index in [1.165, 1.54) is 11.3 Å². The first kappa shape index (κ1) is 17.8. The molecule has 1 aliphatic rings. The van der Waals surface area contributed by atoms with Crippen LogP contribution in [0.25, 0.3) is 0 Å². The number of ether oxygens (including phenoxy) is 1. The van der Waals surface area contributed by atoms with Crippen molar-refractivity contribution >= 4 is 22.4 Å². The van der Waals surface area contributed by atoms with Crippen molar-refractivity contribution in [3.63, 3.8) is 0 Å². The van der Waals surface area contributed by atoms with Gasteiger partial charge in [-0.25, -0.2) is 4.98 Å². The molecule has 7 heteroatoms. The van der Waals surface area contributed by atoms with Gasteiger partial charge in [0.05, 0.1) is 24.9 Å². The first-order valence-corrected chi connectivity index (χ1v) is 9.27. The third-order valence-electron chi connectivity index (χ3n) is 4.25. The summed E-state index contributed by atoms with van der Waals surface area (Å²) in [5.41, 5.74) is 1.69. The van der Waals surface area contributed by atoms with Crippen LogP contribution in [0.5, 0.6) is 0 Å². The van der Waals surface area contributed by atoms with Crippen molar-refractivity contribution in [1.29, 1.82) is 0 Å². The van der Waals surface area contributed by atoms with Gasteiger partial charge in [0.15, 0.2) is 5.13 Å². The molecule has 0 bridgehead atoms. The number of carbonyl (C=O) groups is 1. The van der Waals surface area contributed by atoms with Gasteiger partial charge in [-0.1, -0.05) is 41.7 Å². The molecule has 134 valence electrons. The Morgan fingerprint density at radius 1 is 1.44 bits per heavy atom. The zero-order chi connectivity index (χ0) is 17.8. The molecule has 3 rings (SSSR count). The number of aliphatic hydroxyl groups excluding tert-OH is 1. The van der Waals surface area contributed by atoms with Gasteiger partial charge in [0.1, 0.15) is 11.0 Å². The molecule has 1 aromatic carbocycles. The maximum absolute atomic E-state index is 13.2. The molecule has 0 saturated carbocycles. The maximum atomic E-state index is 13.2. The lowest BCUT2D eigenvalue weighted by molar-refractivity contribution is -0.0810. The molecule has 2 atom stereocenters. The van der Waals surface area contributed by atoms with E-state index in [4.69, 9.17) is 4.74 Å². The predicted octanol–water partition coefficient (Wildman–Crippen LogP) is 2.46. The van der Waals surface area contributed by atoms with Gasteiger partial charge in [-0.15, -0.1) is 0 Å². The van der Waals surface area contributed by atoms with Gasteiger partial charge >= 0.3 is 0 Å². The normalized spacial score (nSPS) is 20.5. The smallest absolute Gasteiger partial charge is 0.266 e. The maximum Gasteiger partial charge on any atom is 0.266 e. The predicted molar refractivity (Wildman–Crippen MR) is 98.1 cm³/mol. The number of carbonyl (C=O) groups excluding carboxylic acids is 1. The Hall–Kier alpha value is -1.96. The molecule has 0 spiro atoms. The molecule has 0 aliphatic carbocycles. The van der Waals surface area contributed by atoms with Gasteiger partial charge in [-0.3, -0.25) is 4.79 Å². The van der Waals surface area contributed by atoms with Crippen LogP contribution in [-0.4, -0.2) is 53.3 Å². The molecule has 2 heterocycles. The highest BCUT2D eigenvalue weighted by Crippen LogP contribution is 2.33. The Bertz CT molecular complexity index is 720. The number of benzene rings is 1. The average molecular weight is 361 g/mol. The number of aromatic nitrogens is 1. The summed E-state index contributed by atoms with van der Waals surface area (Å²) in [6.07, 6.45) is -0.429. The number of morpholine rings is 1.